The Hall–Kier alpha value is -0.870. The first kappa shape index (κ1) is 14.5. The van der Waals surface area contributed by atoms with E-state index in [4.69, 9.17) is 0 Å². The molecule has 0 aliphatic carbocycles. The molecule has 0 saturated carbocycles. The van der Waals surface area contributed by atoms with Gasteiger partial charge in [0, 0.05) is 17.8 Å². The summed E-state index contributed by atoms with van der Waals surface area (Å²) >= 11 is 1.73. The van der Waals surface area contributed by atoms with Gasteiger partial charge in [0.2, 0.25) is 5.91 Å². The predicted octanol–water partition coefficient (Wildman–Crippen LogP) is 2.88. The first-order valence-corrected chi connectivity index (χ1v) is 8.18. The Kier molecular flexibility index (Phi) is 5.86. The number of amides is 1. The van der Waals surface area contributed by atoms with Crippen molar-refractivity contribution in [3.63, 3.8) is 0 Å². The molecule has 2 heterocycles. The topological polar surface area (TPSA) is 32.3 Å². The molecule has 0 aromatic carbocycles. The molecule has 1 atom stereocenters. The summed E-state index contributed by atoms with van der Waals surface area (Å²) < 4.78 is 0. The van der Waals surface area contributed by atoms with Gasteiger partial charge in [-0.3, -0.25) is 4.79 Å². The number of hydrogen-bond donors (Lipinski definition) is 1. The summed E-state index contributed by atoms with van der Waals surface area (Å²) in [7, 11) is 0. The van der Waals surface area contributed by atoms with Crippen LogP contribution in [-0.2, 0) is 11.3 Å². The molecule has 0 bridgehead atoms. The van der Waals surface area contributed by atoms with E-state index in [0.717, 1.165) is 32.6 Å². The molecule has 3 nitrogen and oxygen atoms in total. The van der Waals surface area contributed by atoms with Crippen molar-refractivity contribution in [2.24, 2.45) is 5.92 Å². The third-order valence-electron chi connectivity index (χ3n) is 3.83. The fourth-order valence-corrected chi connectivity index (χ4v) is 3.34. The molecule has 1 aromatic rings. The molecule has 106 valence electrons. The van der Waals surface area contributed by atoms with Gasteiger partial charge in [0.15, 0.2) is 0 Å². The van der Waals surface area contributed by atoms with Gasteiger partial charge in [-0.1, -0.05) is 6.07 Å². The third-order valence-corrected chi connectivity index (χ3v) is 4.69. The van der Waals surface area contributed by atoms with Crippen molar-refractivity contribution in [1.82, 2.24) is 10.2 Å². The molecular weight excluding hydrogens is 256 g/mol. The maximum atomic E-state index is 12.3. The number of nitrogens with one attached hydrogen (secondary N) is 1. The molecule has 1 fully saturated rings. The lowest BCUT2D eigenvalue weighted by atomic mass is 9.94. The van der Waals surface area contributed by atoms with Crippen LogP contribution in [0.25, 0.3) is 0 Å². The Labute approximate surface area is 120 Å². The third kappa shape index (κ3) is 4.62. The van der Waals surface area contributed by atoms with Crippen LogP contribution in [0.2, 0.25) is 0 Å². The number of carbonyl (C=O) groups excluding carboxylic acids is 1. The number of piperidine rings is 1. The molecule has 1 amide bonds. The summed E-state index contributed by atoms with van der Waals surface area (Å²) in [6.45, 7) is 5.87. The molecule has 0 spiro atoms. The zero-order valence-electron chi connectivity index (χ0n) is 11.7. The van der Waals surface area contributed by atoms with E-state index in [0.29, 0.717) is 18.2 Å². The Morgan fingerprint density at radius 1 is 1.58 bits per heavy atom. The Bertz CT molecular complexity index is 372. The first-order chi connectivity index (χ1) is 9.29. The average molecular weight is 280 g/mol. The van der Waals surface area contributed by atoms with Gasteiger partial charge in [-0.15, -0.1) is 11.3 Å². The minimum atomic E-state index is 0.307. The second-order valence-corrected chi connectivity index (χ2v) is 6.27. The molecule has 19 heavy (non-hydrogen) atoms. The number of rotatable bonds is 6. The van der Waals surface area contributed by atoms with E-state index in [9.17, 15) is 4.79 Å². The van der Waals surface area contributed by atoms with Crippen LogP contribution < -0.4 is 5.32 Å². The van der Waals surface area contributed by atoms with Crippen LogP contribution >= 0.6 is 11.3 Å². The van der Waals surface area contributed by atoms with Crippen molar-refractivity contribution < 1.29 is 4.79 Å². The van der Waals surface area contributed by atoms with E-state index < -0.39 is 0 Å². The highest BCUT2D eigenvalue weighted by Crippen LogP contribution is 2.18. The number of hydrogen-bond acceptors (Lipinski definition) is 3. The van der Waals surface area contributed by atoms with Crippen molar-refractivity contribution in [3.8, 4) is 0 Å². The summed E-state index contributed by atoms with van der Waals surface area (Å²) in [5.74, 6) is 1.000. The maximum absolute atomic E-state index is 12.3. The summed E-state index contributed by atoms with van der Waals surface area (Å²) in [4.78, 5) is 15.5. The smallest absolute Gasteiger partial charge is 0.222 e. The van der Waals surface area contributed by atoms with Crippen molar-refractivity contribution >= 4 is 17.2 Å². The van der Waals surface area contributed by atoms with E-state index >= 15 is 0 Å². The quantitative estimate of drug-likeness (QED) is 0.869. The highest BCUT2D eigenvalue weighted by Gasteiger charge is 2.17. The second kappa shape index (κ2) is 7.65. The summed E-state index contributed by atoms with van der Waals surface area (Å²) in [6.07, 6.45) is 4.27. The van der Waals surface area contributed by atoms with E-state index in [2.05, 4.69) is 23.7 Å². The van der Waals surface area contributed by atoms with Gasteiger partial charge < -0.3 is 10.2 Å². The lowest BCUT2D eigenvalue weighted by Gasteiger charge is -2.24. The zero-order chi connectivity index (χ0) is 13.5. The van der Waals surface area contributed by atoms with Gasteiger partial charge >= 0.3 is 0 Å². The highest BCUT2D eigenvalue weighted by atomic mass is 32.1. The highest BCUT2D eigenvalue weighted by molar-refractivity contribution is 7.09. The lowest BCUT2D eigenvalue weighted by Crippen LogP contribution is -2.33. The lowest BCUT2D eigenvalue weighted by molar-refractivity contribution is -0.131. The number of thiophene rings is 1. The van der Waals surface area contributed by atoms with Crippen molar-refractivity contribution in [3.05, 3.63) is 22.4 Å². The normalized spacial score (nSPS) is 19.3. The standard InChI is InChI=1S/C15H24N2OS/c1-2-17(12-14-6-4-10-19-14)15(18)8-7-13-5-3-9-16-11-13/h4,6,10,13,16H,2-3,5,7-9,11-12H2,1H3. The molecule has 1 aromatic heterocycles. The van der Waals surface area contributed by atoms with Crippen LogP contribution in [-0.4, -0.2) is 30.4 Å². The maximum Gasteiger partial charge on any atom is 0.222 e. The molecule has 2 rings (SSSR count). The molecule has 1 unspecified atom stereocenters. The fourth-order valence-electron chi connectivity index (χ4n) is 2.62. The Morgan fingerprint density at radius 3 is 3.11 bits per heavy atom. The van der Waals surface area contributed by atoms with Gasteiger partial charge in [-0.25, -0.2) is 0 Å². The second-order valence-electron chi connectivity index (χ2n) is 5.24. The monoisotopic (exact) mass is 280 g/mol. The van der Waals surface area contributed by atoms with Gasteiger partial charge in [0.1, 0.15) is 0 Å². The summed E-state index contributed by atoms with van der Waals surface area (Å²) in [6, 6.07) is 4.15. The predicted molar refractivity (Wildman–Crippen MR) is 80.2 cm³/mol. The minimum Gasteiger partial charge on any atom is -0.338 e. The number of carbonyl (C=O) groups is 1. The van der Waals surface area contributed by atoms with Crippen LogP contribution in [0.4, 0.5) is 0 Å². The molecule has 1 aliphatic heterocycles. The molecule has 1 aliphatic rings. The average Bonchev–Trinajstić information content (AvgIpc) is 2.96. The molecule has 4 heteroatoms. The van der Waals surface area contributed by atoms with E-state index in [1.165, 1.54) is 17.7 Å². The summed E-state index contributed by atoms with van der Waals surface area (Å²) in [5, 5.41) is 5.49. The van der Waals surface area contributed by atoms with Crippen LogP contribution in [0.3, 0.4) is 0 Å². The number of nitrogens with zero attached hydrogens (tertiary/aromatic N) is 1. The van der Waals surface area contributed by atoms with Crippen LogP contribution in [0.15, 0.2) is 17.5 Å². The van der Waals surface area contributed by atoms with Gasteiger partial charge in [-0.2, -0.15) is 0 Å². The SMILES string of the molecule is CCN(Cc1cccs1)C(=O)CCC1CCCNC1. The van der Waals surface area contributed by atoms with Crippen molar-refractivity contribution in [1.29, 1.82) is 0 Å². The van der Waals surface area contributed by atoms with E-state index in [1.807, 2.05) is 11.0 Å². The first-order valence-electron chi connectivity index (χ1n) is 7.30. The van der Waals surface area contributed by atoms with Gasteiger partial charge in [-0.05, 0) is 56.6 Å². The van der Waals surface area contributed by atoms with E-state index in [1.54, 1.807) is 11.3 Å². The Balaban J connectivity index is 1.76. The van der Waals surface area contributed by atoms with Crippen LogP contribution in [0, 0.1) is 5.92 Å². The molecular formula is C15H24N2OS. The van der Waals surface area contributed by atoms with Gasteiger partial charge in [0.25, 0.3) is 0 Å². The van der Waals surface area contributed by atoms with Gasteiger partial charge in [0.05, 0.1) is 6.54 Å². The summed E-state index contributed by atoms with van der Waals surface area (Å²) in [5.41, 5.74) is 0. The van der Waals surface area contributed by atoms with E-state index in [-0.39, 0.29) is 0 Å². The molecule has 0 radical (unpaired) electrons. The molecule has 1 saturated heterocycles. The Morgan fingerprint density at radius 2 is 2.47 bits per heavy atom. The molecule has 1 N–H and O–H groups in total. The van der Waals surface area contributed by atoms with Crippen molar-refractivity contribution in [2.75, 3.05) is 19.6 Å². The fraction of sp³-hybridized carbons (Fsp3) is 0.667. The minimum absolute atomic E-state index is 0.307. The zero-order valence-corrected chi connectivity index (χ0v) is 12.5. The van der Waals surface area contributed by atoms with Crippen molar-refractivity contribution in [2.45, 2.75) is 39.2 Å². The largest absolute Gasteiger partial charge is 0.338 e. The van der Waals surface area contributed by atoms with Crippen LogP contribution in [0.5, 0.6) is 0 Å². The van der Waals surface area contributed by atoms with Crippen LogP contribution in [0.1, 0.15) is 37.5 Å².